The molecule has 0 radical (unpaired) electrons. The molecular weight excluding hydrogens is 463 g/mol. The van der Waals surface area contributed by atoms with E-state index >= 15 is 0 Å². The Bertz CT molecular complexity index is 1380. The summed E-state index contributed by atoms with van der Waals surface area (Å²) >= 11 is 0. The van der Waals surface area contributed by atoms with Crippen molar-refractivity contribution in [2.75, 3.05) is 5.32 Å². The number of hydrogen-bond donors (Lipinski definition) is 2. The number of carboxylic acids is 1. The van der Waals surface area contributed by atoms with Gasteiger partial charge in [-0.15, -0.1) is 0 Å². The van der Waals surface area contributed by atoms with Crippen LogP contribution in [0.4, 0.5) is 14.9 Å². The number of aromatic nitrogens is 1. The van der Waals surface area contributed by atoms with Crippen molar-refractivity contribution < 1.29 is 28.3 Å². The minimum atomic E-state index is -0.871. The van der Waals surface area contributed by atoms with Crippen molar-refractivity contribution in [3.8, 4) is 22.5 Å². The predicted octanol–water partition coefficient (Wildman–Crippen LogP) is 6.95. The van der Waals surface area contributed by atoms with E-state index in [2.05, 4.69) is 10.5 Å². The van der Waals surface area contributed by atoms with E-state index in [-0.39, 0.29) is 5.56 Å². The summed E-state index contributed by atoms with van der Waals surface area (Å²) in [6.45, 7) is 4.93. The van der Waals surface area contributed by atoms with E-state index < -0.39 is 29.9 Å². The second-order valence-electron chi connectivity index (χ2n) is 8.43. The van der Waals surface area contributed by atoms with Gasteiger partial charge in [-0.05, 0) is 43.5 Å². The average molecular weight is 489 g/mol. The van der Waals surface area contributed by atoms with E-state index in [1.165, 1.54) is 6.07 Å². The Kier molecular flexibility index (Phi) is 7.15. The predicted molar refractivity (Wildman–Crippen MR) is 133 cm³/mol. The van der Waals surface area contributed by atoms with Crippen molar-refractivity contribution in [3.05, 3.63) is 95.4 Å². The number of aryl methyl sites for hydroxylation is 1. The molecule has 1 amide bonds. The lowest BCUT2D eigenvalue weighted by atomic mass is 9.97. The number of rotatable bonds is 7. The lowest BCUT2D eigenvalue weighted by Gasteiger charge is -2.15. The van der Waals surface area contributed by atoms with Gasteiger partial charge in [0.05, 0.1) is 5.92 Å². The van der Waals surface area contributed by atoms with Gasteiger partial charge < -0.3 is 14.4 Å². The maximum atomic E-state index is 14.0. The summed E-state index contributed by atoms with van der Waals surface area (Å²) in [5.41, 5.74) is 4.38. The van der Waals surface area contributed by atoms with Crippen LogP contribution in [0.2, 0.25) is 0 Å². The van der Waals surface area contributed by atoms with Crippen LogP contribution < -0.4 is 5.32 Å². The molecule has 2 unspecified atom stereocenters. The molecule has 0 aliphatic carbocycles. The third-order valence-corrected chi connectivity index (χ3v) is 5.98. The summed E-state index contributed by atoms with van der Waals surface area (Å²) in [7, 11) is 0. The zero-order valence-corrected chi connectivity index (χ0v) is 20.0. The summed E-state index contributed by atoms with van der Waals surface area (Å²) in [6.07, 6.45) is -1.55. The van der Waals surface area contributed by atoms with Crippen LogP contribution in [-0.4, -0.2) is 22.3 Å². The third-order valence-electron chi connectivity index (χ3n) is 5.98. The SMILES string of the molecule is Cc1noc(-c2ccc(-c3ccc(C(C)C(=O)O)cc3)cc2)c1NC(=O)OC(C)c1ccccc1F. The first-order valence-corrected chi connectivity index (χ1v) is 11.4. The number of carbonyl (C=O) groups is 2. The fourth-order valence-corrected chi connectivity index (χ4v) is 3.80. The average Bonchev–Trinajstić information content (AvgIpc) is 3.23. The van der Waals surface area contributed by atoms with Crippen LogP contribution in [0.5, 0.6) is 0 Å². The first kappa shape index (κ1) is 24.7. The number of nitrogens with one attached hydrogen (secondary N) is 1. The summed E-state index contributed by atoms with van der Waals surface area (Å²) in [4.78, 5) is 23.7. The number of benzene rings is 3. The Labute approximate surface area is 207 Å². The van der Waals surface area contributed by atoms with E-state index in [1.54, 1.807) is 51.1 Å². The highest BCUT2D eigenvalue weighted by Gasteiger charge is 2.21. The Morgan fingerprint density at radius 3 is 2.14 bits per heavy atom. The molecule has 0 spiro atoms. The number of carbonyl (C=O) groups excluding carboxylic acids is 1. The minimum absolute atomic E-state index is 0.274. The highest BCUT2D eigenvalue weighted by Crippen LogP contribution is 2.33. The van der Waals surface area contributed by atoms with Gasteiger partial charge in [0, 0.05) is 11.1 Å². The highest BCUT2D eigenvalue weighted by atomic mass is 19.1. The zero-order valence-electron chi connectivity index (χ0n) is 20.0. The number of ether oxygens (including phenoxy) is 1. The van der Waals surface area contributed by atoms with Crippen LogP contribution in [0.3, 0.4) is 0 Å². The molecule has 0 fully saturated rings. The molecule has 2 N–H and O–H groups in total. The van der Waals surface area contributed by atoms with Crippen LogP contribution in [0, 0.1) is 12.7 Å². The van der Waals surface area contributed by atoms with E-state index in [0.29, 0.717) is 22.7 Å². The van der Waals surface area contributed by atoms with E-state index in [4.69, 9.17) is 9.26 Å². The quantitative estimate of drug-likeness (QED) is 0.292. The molecule has 184 valence electrons. The van der Waals surface area contributed by atoms with Gasteiger partial charge >= 0.3 is 12.1 Å². The molecule has 0 saturated carbocycles. The zero-order chi connectivity index (χ0) is 25.8. The van der Waals surface area contributed by atoms with Gasteiger partial charge in [0.25, 0.3) is 0 Å². The highest BCUT2D eigenvalue weighted by molar-refractivity contribution is 5.91. The number of nitrogens with zero attached hydrogens (tertiary/aromatic N) is 1. The standard InChI is InChI=1S/C28H25FN2O5/c1-16(27(32)33)19-8-10-20(11-9-19)21-12-14-22(15-13-21)26-25(17(2)31-36-26)30-28(34)35-18(3)23-6-4-5-7-24(23)29/h4-16,18H,1-3H3,(H,30,34)(H,32,33). The largest absolute Gasteiger partial charge is 0.481 e. The summed E-state index contributed by atoms with van der Waals surface area (Å²) < 4.78 is 24.8. The van der Waals surface area contributed by atoms with Gasteiger partial charge in [0.15, 0.2) is 5.76 Å². The molecule has 0 aliphatic rings. The maximum absolute atomic E-state index is 14.0. The van der Waals surface area contributed by atoms with E-state index in [9.17, 15) is 19.1 Å². The van der Waals surface area contributed by atoms with E-state index in [1.807, 2.05) is 36.4 Å². The number of carboxylic acid groups (broad SMARTS) is 1. The molecule has 0 aliphatic heterocycles. The molecule has 0 bridgehead atoms. The van der Waals surface area contributed by atoms with Crippen LogP contribution in [0.15, 0.2) is 77.3 Å². The molecule has 8 heteroatoms. The van der Waals surface area contributed by atoms with Gasteiger partial charge in [-0.1, -0.05) is 71.9 Å². The number of amides is 1. The summed E-state index contributed by atoms with van der Waals surface area (Å²) in [6, 6.07) is 20.9. The van der Waals surface area contributed by atoms with Gasteiger partial charge in [-0.2, -0.15) is 0 Å². The van der Waals surface area contributed by atoms with Crippen molar-refractivity contribution in [3.63, 3.8) is 0 Å². The number of hydrogen-bond acceptors (Lipinski definition) is 5. The Morgan fingerprint density at radius 2 is 1.53 bits per heavy atom. The second-order valence-corrected chi connectivity index (χ2v) is 8.43. The van der Waals surface area contributed by atoms with Gasteiger partial charge in [0.1, 0.15) is 23.3 Å². The van der Waals surface area contributed by atoms with Crippen molar-refractivity contribution in [2.24, 2.45) is 0 Å². The maximum Gasteiger partial charge on any atom is 0.412 e. The Balaban J connectivity index is 1.49. The van der Waals surface area contributed by atoms with Gasteiger partial charge in [-0.25, -0.2) is 9.18 Å². The lowest BCUT2D eigenvalue weighted by Crippen LogP contribution is -2.17. The van der Waals surface area contributed by atoms with Crippen LogP contribution in [0.25, 0.3) is 22.5 Å². The minimum Gasteiger partial charge on any atom is -0.481 e. The molecule has 4 aromatic rings. The first-order valence-electron chi connectivity index (χ1n) is 11.4. The number of anilines is 1. The smallest absolute Gasteiger partial charge is 0.412 e. The summed E-state index contributed by atoms with van der Waals surface area (Å²) in [5, 5.41) is 15.8. The van der Waals surface area contributed by atoms with Crippen molar-refractivity contribution >= 4 is 17.7 Å². The van der Waals surface area contributed by atoms with Crippen LogP contribution in [0.1, 0.15) is 42.7 Å². The first-order chi connectivity index (χ1) is 17.2. The van der Waals surface area contributed by atoms with Crippen molar-refractivity contribution in [2.45, 2.75) is 32.8 Å². The molecule has 4 rings (SSSR count). The normalized spacial score (nSPS) is 12.6. The van der Waals surface area contributed by atoms with Gasteiger partial charge in [-0.3, -0.25) is 10.1 Å². The fourth-order valence-electron chi connectivity index (χ4n) is 3.80. The van der Waals surface area contributed by atoms with Crippen molar-refractivity contribution in [1.82, 2.24) is 5.16 Å². The van der Waals surface area contributed by atoms with Crippen LogP contribution in [-0.2, 0) is 9.53 Å². The molecule has 3 aromatic carbocycles. The molecule has 36 heavy (non-hydrogen) atoms. The molecule has 1 heterocycles. The van der Waals surface area contributed by atoms with Crippen LogP contribution >= 0.6 is 0 Å². The molecule has 2 atom stereocenters. The topological polar surface area (TPSA) is 102 Å². The Hall–Kier alpha value is -4.46. The summed E-state index contributed by atoms with van der Waals surface area (Å²) in [5.74, 6) is -1.54. The third kappa shape index (κ3) is 5.27. The molecule has 0 saturated heterocycles. The monoisotopic (exact) mass is 488 g/mol. The fraction of sp³-hybridized carbons (Fsp3) is 0.179. The van der Waals surface area contributed by atoms with Gasteiger partial charge in [0.2, 0.25) is 0 Å². The van der Waals surface area contributed by atoms with Crippen molar-refractivity contribution in [1.29, 1.82) is 0 Å². The lowest BCUT2D eigenvalue weighted by molar-refractivity contribution is -0.138. The Morgan fingerprint density at radius 1 is 0.944 bits per heavy atom. The molecule has 1 aromatic heterocycles. The molecular formula is C28H25FN2O5. The molecule has 7 nitrogen and oxygen atoms in total. The van der Waals surface area contributed by atoms with E-state index in [0.717, 1.165) is 16.7 Å². The number of halogens is 1. The second kappa shape index (κ2) is 10.4. The number of aliphatic carboxylic acids is 1.